The minimum absolute atomic E-state index is 0.0687. The molecule has 0 bridgehead atoms. The molecule has 0 saturated carbocycles. The Balaban J connectivity index is 3.00. The van der Waals surface area contributed by atoms with Crippen molar-refractivity contribution in [1.82, 2.24) is 0 Å². The number of halogens is 3. The molecule has 16 heavy (non-hydrogen) atoms. The summed E-state index contributed by atoms with van der Waals surface area (Å²) in [5, 5.41) is 8.58. The van der Waals surface area contributed by atoms with Gasteiger partial charge in [0.05, 0.1) is 5.56 Å². The Morgan fingerprint density at radius 1 is 1.31 bits per heavy atom. The van der Waals surface area contributed by atoms with Gasteiger partial charge in [0.2, 0.25) is 0 Å². The van der Waals surface area contributed by atoms with Crippen LogP contribution in [-0.2, 0) is 4.74 Å². The first-order valence-electron chi connectivity index (χ1n) is 4.29. The molecule has 3 nitrogen and oxygen atoms in total. The molecular formula is C10H9F3O3. The zero-order valence-electron chi connectivity index (χ0n) is 8.28. The lowest BCUT2D eigenvalue weighted by Crippen LogP contribution is -2.22. The van der Waals surface area contributed by atoms with Crippen LogP contribution in [0.15, 0.2) is 24.3 Å². The second-order valence-electron chi connectivity index (χ2n) is 3.08. The van der Waals surface area contributed by atoms with Gasteiger partial charge in [0, 0.05) is 7.11 Å². The SMILES string of the molecule is COC(c1ccc(C(=O)O)cc1)C(F)(F)F. The van der Waals surface area contributed by atoms with Crippen LogP contribution in [0, 0.1) is 0 Å². The highest BCUT2D eigenvalue weighted by Crippen LogP contribution is 2.35. The Bertz CT molecular complexity index is 370. The first-order valence-corrected chi connectivity index (χ1v) is 4.29. The Kier molecular flexibility index (Phi) is 3.54. The number of benzene rings is 1. The predicted octanol–water partition coefficient (Wildman–Crippen LogP) is 2.63. The lowest BCUT2D eigenvalue weighted by molar-refractivity contribution is -0.215. The number of carboxylic acid groups (broad SMARTS) is 1. The van der Waals surface area contributed by atoms with Crippen LogP contribution in [0.1, 0.15) is 22.0 Å². The van der Waals surface area contributed by atoms with E-state index in [-0.39, 0.29) is 11.1 Å². The van der Waals surface area contributed by atoms with Crippen LogP contribution in [0.5, 0.6) is 0 Å². The number of methoxy groups -OCH3 is 1. The van der Waals surface area contributed by atoms with Gasteiger partial charge >= 0.3 is 12.1 Å². The molecule has 1 aromatic carbocycles. The molecule has 0 aliphatic carbocycles. The van der Waals surface area contributed by atoms with Gasteiger partial charge in [-0.1, -0.05) is 12.1 Å². The van der Waals surface area contributed by atoms with Crippen molar-refractivity contribution >= 4 is 5.97 Å². The Labute approximate surface area is 89.5 Å². The zero-order valence-corrected chi connectivity index (χ0v) is 8.28. The van der Waals surface area contributed by atoms with E-state index in [1.54, 1.807) is 0 Å². The minimum Gasteiger partial charge on any atom is -0.478 e. The highest BCUT2D eigenvalue weighted by molar-refractivity contribution is 5.87. The van der Waals surface area contributed by atoms with Crippen LogP contribution in [0.25, 0.3) is 0 Å². The summed E-state index contributed by atoms with van der Waals surface area (Å²) in [6.45, 7) is 0. The molecule has 88 valence electrons. The van der Waals surface area contributed by atoms with Gasteiger partial charge in [-0.25, -0.2) is 4.79 Å². The monoisotopic (exact) mass is 234 g/mol. The van der Waals surface area contributed by atoms with Crippen molar-refractivity contribution < 1.29 is 27.8 Å². The maximum absolute atomic E-state index is 12.4. The Morgan fingerprint density at radius 2 is 1.81 bits per heavy atom. The summed E-state index contributed by atoms with van der Waals surface area (Å²) in [4.78, 5) is 10.5. The van der Waals surface area contributed by atoms with Crippen molar-refractivity contribution in [2.75, 3.05) is 7.11 Å². The molecule has 1 N–H and O–H groups in total. The van der Waals surface area contributed by atoms with E-state index in [0.29, 0.717) is 0 Å². The molecule has 0 spiro atoms. The van der Waals surface area contributed by atoms with Gasteiger partial charge < -0.3 is 9.84 Å². The number of ether oxygens (including phenoxy) is 1. The summed E-state index contributed by atoms with van der Waals surface area (Å²) >= 11 is 0. The Hall–Kier alpha value is -1.56. The van der Waals surface area contributed by atoms with E-state index in [2.05, 4.69) is 4.74 Å². The van der Waals surface area contributed by atoms with Crippen LogP contribution >= 0.6 is 0 Å². The third-order valence-electron chi connectivity index (χ3n) is 1.99. The van der Waals surface area contributed by atoms with Crippen molar-refractivity contribution in [3.05, 3.63) is 35.4 Å². The second-order valence-corrected chi connectivity index (χ2v) is 3.08. The van der Waals surface area contributed by atoms with Gasteiger partial charge in [0.25, 0.3) is 0 Å². The number of carbonyl (C=O) groups is 1. The van der Waals surface area contributed by atoms with Gasteiger partial charge in [0.1, 0.15) is 0 Å². The molecular weight excluding hydrogens is 225 g/mol. The smallest absolute Gasteiger partial charge is 0.418 e. The molecule has 0 amide bonds. The van der Waals surface area contributed by atoms with Crippen LogP contribution in [-0.4, -0.2) is 24.4 Å². The largest absolute Gasteiger partial charge is 0.478 e. The maximum atomic E-state index is 12.4. The maximum Gasteiger partial charge on any atom is 0.418 e. The summed E-state index contributed by atoms with van der Waals surface area (Å²) in [5.41, 5.74) is -0.194. The molecule has 1 atom stereocenters. The lowest BCUT2D eigenvalue weighted by atomic mass is 10.1. The topological polar surface area (TPSA) is 46.5 Å². The van der Waals surface area contributed by atoms with Crippen LogP contribution in [0.4, 0.5) is 13.2 Å². The molecule has 0 aliphatic rings. The first kappa shape index (κ1) is 12.5. The van der Waals surface area contributed by atoms with Gasteiger partial charge in [-0.3, -0.25) is 0 Å². The van der Waals surface area contributed by atoms with Crippen LogP contribution in [0.2, 0.25) is 0 Å². The zero-order chi connectivity index (χ0) is 12.3. The standard InChI is InChI=1S/C10H9F3O3/c1-16-8(10(11,12)13)6-2-4-7(5-3-6)9(14)15/h2-5,8H,1H3,(H,14,15). The molecule has 6 heteroatoms. The van der Waals surface area contributed by atoms with E-state index in [4.69, 9.17) is 5.11 Å². The number of hydrogen-bond donors (Lipinski definition) is 1. The number of hydrogen-bond acceptors (Lipinski definition) is 2. The number of alkyl halides is 3. The molecule has 0 heterocycles. The van der Waals surface area contributed by atoms with E-state index in [1.165, 1.54) is 0 Å². The van der Waals surface area contributed by atoms with Crippen LogP contribution in [0.3, 0.4) is 0 Å². The quantitative estimate of drug-likeness (QED) is 0.874. The van der Waals surface area contributed by atoms with E-state index < -0.39 is 18.2 Å². The molecule has 0 fully saturated rings. The summed E-state index contributed by atoms with van der Waals surface area (Å²) < 4.78 is 41.6. The number of aromatic carboxylic acids is 1. The van der Waals surface area contributed by atoms with Crippen molar-refractivity contribution in [2.45, 2.75) is 12.3 Å². The first-order chi connectivity index (χ1) is 7.36. The molecule has 0 saturated heterocycles. The fourth-order valence-corrected chi connectivity index (χ4v) is 1.26. The minimum atomic E-state index is -4.51. The average molecular weight is 234 g/mol. The van der Waals surface area contributed by atoms with Gasteiger partial charge in [-0.15, -0.1) is 0 Å². The van der Waals surface area contributed by atoms with E-state index in [9.17, 15) is 18.0 Å². The molecule has 0 aromatic heterocycles. The van der Waals surface area contributed by atoms with E-state index in [1.807, 2.05) is 0 Å². The molecule has 1 aromatic rings. The highest BCUT2D eigenvalue weighted by atomic mass is 19.4. The third kappa shape index (κ3) is 2.73. The average Bonchev–Trinajstić information content (AvgIpc) is 2.17. The van der Waals surface area contributed by atoms with Crippen molar-refractivity contribution in [3.8, 4) is 0 Å². The van der Waals surface area contributed by atoms with E-state index in [0.717, 1.165) is 31.4 Å². The predicted molar refractivity (Wildman–Crippen MR) is 49.2 cm³/mol. The fourth-order valence-electron chi connectivity index (χ4n) is 1.26. The summed E-state index contributed by atoms with van der Waals surface area (Å²) in [7, 11) is 0.948. The van der Waals surface area contributed by atoms with E-state index >= 15 is 0 Å². The molecule has 1 unspecified atom stereocenters. The fraction of sp³-hybridized carbons (Fsp3) is 0.300. The second kappa shape index (κ2) is 4.52. The number of carboxylic acids is 1. The van der Waals surface area contributed by atoms with Crippen molar-refractivity contribution in [3.63, 3.8) is 0 Å². The van der Waals surface area contributed by atoms with Crippen LogP contribution < -0.4 is 0 Å². The summed E-state index contributed by atoms with van der Waals surface area (Å²) in [6.07, 6.45) is -6.55. The van der Waals surface area contributed by atoms with Crippen molar-refractivity contribution in [2.24, 2.45) is 0 Å². The molecule has 1 rings (SSSR count). The summed E-state index contributed by atoms with van der Waals surface area (Å²) in [6, 6.07) is 4.39. The third-order valence-corrected chi connectivity index (χ3v) is 1.99. The molecule has 0 aliphatic heterocycles. The van der Waals surface area contributed by atoms with Gasteiger partial charge in [0.15, 0.2) is 6.10 Å². The van der Waals surface area contributed by atoms with Gasteiger partial charge in [-0.2, -0.15) is 13.2 Å². The normalized spacial score (nSPS) is 13.5. The summed E-state index contributed by atoms with van der Waals surface area (Å²) in [5.74, 6) is -1.19. The lowest BCUT2D eigenvalue weighted by Gasteiger charge is -2.18. The van der Waals surface area contributed by atoms with Crippen molar-refractivity contribution in [1.29, 1.82) is 0 Å². The molecule has 0 radical (unpaired) electrons. The number of rotatable bonds is 3. The van der Waals surface area contributed by atoms with Gasteiger partial charge in [-0.05, 0) is 17.7 Å². The Morgan fingerprint density at radius 3 is 2.12 bits per heavy atom. The highest BCUT2D eigenvalue weighted by Gasteiger charge is 2.41.